The third kappa shape index (κ3) is 3.21. The lowest BCUT2D eigenvalue weighted by molar-refractivity contribution is 0.488. The predicted octanol–water partition coefficient (Wildman–Crippen LogP) is 1.80. The average molecular weight is 339 g/mol. The lowest BCUT2D eigenvalue weighted by Gasteiger charge is -2.36. The number of H-pyrrole nitrogens is 1. The van der Waals surface area contributed by atoms with Crippen LogP contribution in [0.1, 0.15) is 24.6 Å². The van der Waals surface area contributed by atoms with E-state index in [1.807, 2.05) is 12.1 Å². The number of nitrogens with one attached hydrogen (secondary N) is 1. The Labute approximate surface area is 147 Å². The standard InChI is InChI=1S/C19H25N5O/c1-13-2-7-17-16(12-13)18(25)22-19(21-17)24-10-8-23(9-11-24)15-5-3-14(20)4-6-15/h3-6,13H,2,7-12,20H2,1H3,(H,21,22,25). The number of rotatable bonds is 2. The summed E-state index contributed by atoms with van der Waals surface area (Å²) < 4.78 is 0. The second-order valence-electron chi connectivity index (χ2n) is 7.23. The molecule has 1 aromatic heterocycles. The fraction of sp³-hybridized carbons (Fsp3) is 0.474. The Morgan fingerprint density at radius 1 is 1.12 bits per heavy atom. The van der Waals surface area contributed by atoms with Gasteiger partial charge in [0.1, 0.15) is 0 Å². The number of benzene rings is 1. The molecule has 25 heavy (non-hydrogen) atoms. The molecule has 2 aromatic rings. The molecule has 132 valence electrons. The van der Waals surface area contributed by atoms with Crippen molar-refractivity contribution < 1.29 is 0 Å². The van der Waals surface area contributed by atoms with Gasteiger partial charge in [0, 0.05) is 43.1 Å². The molecule has 0 bridgehead atoms. The van der Waals surface area contributed by atoms with E-state index in [9.17, 15) is 4.79 Å². The second kappa shape index (κ2) is 6.43. The summed E-state index contributed by atoms with van der Waals surface area (Å²) >= 11 is 0. The zero-order chi connectivity index (χ0) is 17.4. The first-order valence-corrected chi connectivity index (χ1v) is 9.07. The van der Waals surface area contributed by atoms with Gasteiger partial charge in [-0.05, 0) is 49.4 Å². The van der Waals surface area contributed by atoms with E-state index in [1.165, 1.54) is 5.69 Å². The minimum absolute atomic E-state index is 0.0486. The Morgan fingerprint density at radius 3 is 2.52 bits per heavy atom. The molecular formula is C19H25N5O. The molecule has 1 aliphatic heterocycles. The number of anilines is 3. The summed E-state index contributed by atoms with van der Waals surface area (Å²) in [4.78, 5) is 24.8. The van der Waals surface area contributed by atoms with Gasteiger partial charge in [0.2, 0.25) is 5.95 Å². The Morgan fingerprint density at radius 2 is 1.80 bits per heavy atom. The van der Waals surface area contributed by atoms with E-state index in [-0.39, 0.29) is 5.56 Å². The quantitative estimate of drug-likeness (QED) is 0.816. The largest absolute Gasteiger partial charge is 0.399 e. The fourth-order valence-corrected chi connectivity index (χ4v) is 3.79. The van der Waals surface area contributed by atoms with Gasteiger partial charge in [0.05, 0.1) is 5.69 Å². The Bertz CT molecular complexity index is 806. The zero-order valence-corrected chi connectivity index (χ0v) is 14.7. The van der Waals surface area contributed by atoms with Gasteiger partial charge in [-0.2, -0.15) is 0 Å². The number of piperazine rings is 1. The van der Waals surface area contributed by atoms with Crippen molar-refractivity contribution in [2.24, 2.45) is 5.92 Å². The smallest absolute Gasteiger partial charge is 0.255 e. The highest BCUT2D eigenvalue weighted by molar-refractivity contribution is 5.54. The van der Waals surface area contributed by atoms with Gasteiger partial charge < -0.3 is 15.5 Å². The van der Waals surface area contributed by atoms with Crippen LogP contribution in [0.3, 0.4) is 0 Å². The van der Waals surface area contributed by atoms with Crippen LogP contribution in [0.2, 0.25) is 0 Å². The minimum atomic E-state index is 0.0486. The number of aromatic amines is 1. The van der Waals surface area contributed by atoms with E-state index in [4.69, 9.17) is 10.7 Å². The van der Waals surface area contributed by atoms with E-state index in [0.717, 1.165) is 68.3 Å². The number of hydrogen-bond acceptors (Lipinski definition) is 5. The van der Waals surface area contributed by atoms with Crippen LogP contribution in [0.4, 0.5) is 17.3 Å². The van der Waals surface area contributed by atoms with Crippen LogP contribution in [-0.2, 0) is 12.8 Å². The zero-order valence-electron chi connectivity index (χ0n) is 14.7. The first-order valence-electron chi connectivity index (χ1n) is 9.07. The lowest BCUT2D eigenvalue weighted by atomic mass is 9.89. The van der Waals surface area contributed by atoms with Crippen LogP contribution < -0.4 is 21.1 Å². The highest BCUT2D eigenvalue weighted by Crippen LogP contribution is 2.24. The van der Waals surface area contributed by atoms with Crippen LogP contribution in [0.5, 0.6) is 0 Å². The molecule has 2 heterocycles. The number of fused-ring (bicyclic) bond motifs is 1. The summed E-state index contributed by atoms with van der Waals surface area (Å²) in [6, 6.07) is 7.99. The molecule has 0 radical (unpaired) electrons. The number of nitrogen functional groups attached to an aromatic ring is 1. The van der Waals surface area contributed by atoms with Gasteiger partial charge >= 0.3 is 0 Å². The van der Waals surface area contributed by atoms with Crippen LogP contribution in [-0.4, -0.2) is 36.1 Å². The summed E-state index contributed by atoms with van der Waals surface area (Å²) in [5, 5.41) is 0. The molecule has 1 saturated heterocycles. The van der Waals surface area contributed by atoms with E-state index in [0.29, 0.717) is 5.92 Å². The van der Waals surface area contributed by atoms with E-state index >= 15 is 0 Å². The Kier molecular flexibility index (Phi) is 4.11. The monoisotopic (exact) mass is 339 g/mol. The molecule has 0 amide bonds. The predicted molar refractivity (Wildman–Crippen MR) is 101 cm³/mol. The summed E-state index contributed by atoms with van der Waals surface area (Å²) in [5.41, 5.74) is 9.68. The lowest BCUT2D eigenvalue weighted by Crippen LogP contribution is -2.47. The van der Waals surface area contributed by atoms with Gasteiger partial charge in [0.15, 0.2) is 0 Å². The summed E-state index contributed by atoms with van der Waals surface area (Å²) in [5.74, 6) is 1.31. The maximum atomic E-state index is 12.4. The van der Waals surface area contributed by atoms with Crippen molar-refractivity contribution in [1.29, 1.82) is 0 Å². The summed E-state index contributed by atoms with van der Waals surface area (Å²) in [6.45, 7) is 5.71. The molecule has 6 nitrogen and oxygen atoms in total. The molecule has 1 aromatic carbocycles. The SMILES string of the molecule is CC1CCc2nc(N3CCN(c4ccc(N)cc4)CC3)[nH]c(=O)c2C1. The first kappa shape index (κ1) is 16.0. The van der Waals surface area contributed by atoms with Crippen LogP contribution in [0.15, 0.2) is 29.1 Å². The molecule has 4 rings (SSSR count). The molecule has 0 spiro atoms. The van der Waals surface area contributed by atoms with Gasteiger partial charge in [-0.3, -0.25) is 9.78 Å². The third-order valence-corrected chi connectivity index (χ3v) is 5.35. The molecule has 1 aliphatic carbocycles. The molecule has 1 fully saturated rings. The van der Waals surface area contributed by atoms with Crippen LogP contribution in [0.25, 0.3) is 0 Å². The highest BCUT2D eigenvalue weighted by Gasteiger charge is 2.24. The molecule has 6 heteroatoms. The van der Waals surface area contributed by atoms with Crippen molar-refractivity contribution >= 4 is 17.3 Å². The van der Waals surface area contributed by atoms with Gasteiger partial charge in [-0.1, -0.05) is 6.92 Å². The topological polar surface area (TPSA) is 78.2 Å². The van der Waals surface area contributed by atoms with Crippen molar-refractivity contribution in [2.45, 2.75) is 26.2 Å². The number of aromatic nitrogens is 2. The molecular weight excluding hydrogens is 314 g/mol. The molecule has 3 N–H and O–H groups in total. The molecule has 1 atom stereocenters. The number of nitrogens with zero attached hydrogens (tertiary/aromatic N) is 3. The normalized spacial score (nSPS) is 20.4. The summed E-state index contributed by atoms with van der Waals surface area (Å²) in [7, 11) is 0. The highest BCUT2D eigenvalue weighted by atomic mass is 16.1. The molecule has 2 aliphatic rings. The molecule has 1 unspecified atom stereocenters. The van der Waals surface area contributed by atoms with Gasteiger partial charge in [0.25, 0.3) is 5.56 Å². The van der Waals surface area contributed by atoms with Crippen molar-refractivity contribution in [1.82, 2.24) is 9.97 Å². The van der Waals surface area contributed by atoms with Gasteiger partial charge in [-0.25, -0.2) is 4.98 Å². The van der Waals surface area contributed by atoms with Crippen molar-refractivity contribution in [2.75, 3.05) is 41.7 Å². The Hall–Kier alpha value is -2.50. The average Bonchev–Trinajstić information content (AvgIpc) is 2.63. The van der Waals surface area contributed by atoms with Crippen LogP contribution in [0, 0.1) is 5.92 Å². The number of aryl methyl sites for hydroxylation is 1. The van der Waals surface area contributed by atoms with E-state index < -0.39 is 0 Å². The van der Waals surface area contributed by atoms with Crippen molar-refractivity contribution in [3.63, 3.8) is 0 Å². The van der Waals surface area contributed by atoms with Crippen molar-refractivity contribution in [3.8, 4) is 0 Å². The Balaban J connectivity index is 1.48. The number of hydrogen-bond donors (Lipinski definition) is 2. The van der Waals surface area contributed by atoms with E-state index in [2.05, 4.69) is 33.8 Å². The van der Waals surface area contributed by atoms with Crippen LogP contribution >= 0.6 is 0 Å². The van der Waals surface area contributed by atoms with E-state index in [1.54, 1.807) is 0 Å². The fourth-order valence-electron chi connectivity index (χ4n) is 3.79. The minimum Gasteiger partial charge on any atom is -0.399 e. The molecule has 0 saturated carbocycles. The number of nitrogens with two attached hydrogens (primary N) is 1. The summed E-state index contributed by atoms with van der Waals surface area (Å²) in [6.07, 6.45) is 2.88. The first-order chi connectivity index (χ1) is 12.1. The maximum Gasteiger partial charge on any atom is 0.255 e. The maximum absolute atomic E-state index is 12.4. The second-order valence-corrected chi connectivity index (χ2v) is 7.23. The third-order valence-electron chi connectivity index (χ3n) is 5.35. The van der Waals surface area contributed by atoms with Gasteiger partial charge in [-0.15, -0.1) is 0 Å². The van der Waals surface area contributed by atoms with Crippen molar-refractivity contribution in [3.05, 3.63) is 45.9 Å².